The van der Waals surface area contributed by atoms with E-state index in [4.69, 9.17) is 5.73 Å². The second kappa shape index (κ2) is 4.31. The molecule has 3 rings (SSSR count). The summed E-state index contributed by atoms with van der Waals surface area (Å²) < 4.78 is 0. The molecule has 0 spiro atoms. The first kappa shape index (κ1) is 12.1. The number of hydrogen-bond acceptors (Lipinski definition) is 4. The molecule has 0 aliphatic heterocycles. The Morgan fingerprint density at radius 3 is 2.63 bits per heavy atom. The molecule has 2 heterocycles. The number of nitrogen functional groups attached to an aromatic ring is 1. The van der Waals surface area contributed by atoms with Crippen molar-refractivity contribution in [3.8, 4) is 11.4 Å². The number of fused-ring (bicyclic) bond motifs is 1. The summed E-state index contributed by atoms with van der Waals surface area (Å²) in [5.74, 6) is 1.28. The van der Waals surface area contributed by atoms with E-state index in [9.17, 15) is 0 Å². The van der Waals surface area contributed by atoms with Crippen molar-refractivity contribution in [3.05, 3.63) is 40.3 Å². The fourth-order valence-electron chi connectivity index (χ4n) is 2.19. The second-order valence-electron chi connectivity index (χ2n) is 4.77. The van der Waals surface area contributed by atoms with Gasteiger partial charge in [-0.05, 0) is 32.4 Å². The highest BCUT2D eigenvalue weighted by atomic mass is 32.1. The Kier molecular flexibility index (Phi) is 2.75. The molecular weight excluding hydrogens is 254 g/mol. The maximum Gasteiger partial charge on any atom is 0.163 e. The summed E-state index contributed by atoms with van der Waals surface area (Å²) in [6.07, 6.45) is 0. The van der Waals surface area contributed by atoms with Crippen molar-refractivity contribution < 1.29 is 0 Å². The van der Waals surface area contributed by atoms with Gasteiger partial charge >= 0.3 is 0 Å². The molecule has 3 aromatic rings. The number of hydrogen-bond donors (Lipinski definition) is 1. The summed E-state index contributed by atoms with van der Waals surface area (Å²) >= 11 is 1.67. The molecule has 0 fully saturated rings. The molecular formula is C15H15N3S. The van der Waals surface area contributed by atoms with E-state index in [0.717, 1.165) is 15.8 Å². The van der Waals surface area contributed by atoms with Gasteiger partial charge in [0.1, 0.15) is 10.6 Å². The van der Waals surface area contributed by atoms with Gasteiger partial charge in [-0.2, -0.15) is 0 Å². The molecule has 3 nitrogen and oxygen atoms in total. The van der Waals surface area contributed by atoms with E-state index < -0.39 is 0 Å². The fourth-order valence-corrected chi connectivity index (χ4v) is 3.23. The number of anilines is 1. The molecule has 2 N–H and O–H groups in total. The zero-order chi connectivity index (χ0) is 13.6. The van der Waals surface area contributed by atoms with Crippen LogP contribution in [0.15, 0.2) is 24.3 Å². The highest BCUT2D eigenvalue weighted by Gasteiger charge is 2.13. The van der Waals surface area contributed by atoms with Crippen molar-refractivity contribution in [3.63, 3.8) is 0 Å². The van der Waals surface area contributed by atoms with Crippen LogP contribution in [0, 0.1) is 20.8 Å². The Bertz CT molecular complexity index is 774. The largest absolute Gasteiger partial charge is 0.383 e. The average molecular weight is 269 g/mol. The van der Waals surface area contributed by atoms with Gasteiger partial charge in [-0.15, -0.1) is 11.3 Å². The molecule has 19 heavy (non-hydrogen) atoms. The van der Waals surface area contributed by atoms with Crippen LogP contribution in [0.4, 0.5) is 5.82 Å². The van der Waals surface area contributed by atoms with Gasteiger partial charge < -0.3 is 5.73 Å². The zero-order valence-corrected chi connectivity index (χ0v) is 12.0. The van der Waals surface area contributed by atoms with E-state index in [1.807, 2.05) is 12.1 Å². The van der Waals surface area contributed by atoms with Crippen LogP contribution in [0.25, 0.3) is 21.6 Å². The lowest BCUT2D eigenvalue weighted by Crippen LogP contribution is -1.97. The molecule has 2 aromatic heterocycles. The third-order valence-corrected chi connectivity index (χ3v) is 4.43. The SMILES string of the molecule is Cc1cccc(-c2nc(N)c3c(C)c(C)sc3n2)c1. The number of thiophene rings is 1. The lowest BCUT2D eigenvalue weighted by Gasteiger charge is -2.04. The highest BCUT2D eigenvalue weighted by Crippen LogP contribution is 2.33. The van der Waals surface area contributed by atoms with Crippen molar-refractivity contribution in [2.24, 2.45) is 0 Å². The quantitative estimate of drug-likeness (QED) is 0.729. The third kappa shape index (κ3) is 1.98. The molecule has 96 valence electrons. The summed E-state index contributed by atoms with van der Waals surface area (Å²) in [4.78, 5) is 11.3. The van der Waals surface area contributed by atoms with E-state index in [1.54, 1.807) is 11.3 Å². The molecule has 0 saturated heterocycles. The molecule has 1 aromatic carbocycles. The predicted molar refractivity (Wildman–Crippen MR) is 81.5 cm³/mol. The molecule has 0 saturated carbocycles. The monoisotopic (exact) mass is 269 g/mol. The molecule has 0 atom stereocenters. The van der Waals surface area contributed by atoms with Crippen LogP contribution in [0.2, 0.25) is 0 Å². The first-order valence-electron chi connectivity index (χ1n) is 6.16. The van der Waals surface area contributed by atoms with Gasteiger partial charge in [0, 0.05) is 10.4 Å². The minimum atomic E-state index is 0.573. The molecule has 4 heteroatoms. The summed E-state index contributed by atoms with van der Waals surface area (Å²) in [7, 11) is 0. The van der Waals surface area contributed by atoms with Crippen molar-refractivity contribution in [2.75, 3.05) is 5.73 Å². The van der Waals surface area contributed by atoms with E-state index >= 15 is 0 Å². The molecule has 0 unspecified atom stereocenters. The van der Waals surface area contributed by atoms with Gasteiger partial charge in [0.05, 0.1) is 5.39 Å². The van der Waals surface area contributed by atoms with Crippen LogP contribution in [-0.2, 0) is 0 Å². The second-order valence-corrected chi connectivity index (χ2v) is 5.97. The van der Waals surface area contributed by atoms with Crippen LogP contribution >= 0.6 is 11.3 Å². The van der Waals surface area contributed by atoms with Crippen LogP contribution in [0.1, 0.15) is 16.0 Å². The van der Waals surface area contributed by atoms with Gasteiger partial charge in [0.25, 0.3) is 0 Å². The van der Waals surface area contributed by atoms with E-state index in [-0.39, 0.29) is 0 Å². The maximum absolute atomic E-state index is 6.10. The molecule has 0 bridgehead atoms. The topological polar surface area (TPSA) is 51.8 Å². The summed E-state index contributed by atoms with van der Waals surface area (Å²) in [6, 6.07) is 8.17. The Balaban J connectivity index is 2.27. The first-order chi connectivity index (χ1) is 9.06. The fraction of sp³-hybridized carbons (Fsp3) is 0.200. The first-order valence-corrected chi connectivity index (χ1v) is 6.98. The van der Waals surface area contributed by atoms with Gasteiger partial charge in [-0.1, -0.05) is 23.8 Å². The Morgan fingerprint density at radius 1 is 1.11 bits per heavy atom. The minimum absolute atomic E-state index is 0.573. The molecule has 0 aliphatic rings. The van der Waals surface area contributed by atoms with Crippen LogP contribution in [0.3, 0.4) is 0 Å². The standard InChI is InChI=1S/C15H15N3S/c1-8-5-4-6-11(7-8)14-17-13(16)12-9(2)10(3)19-15(12)18-14/h4-7H,1-3H3,(H2,16,17,18). The zero-order valence-electron chi connectivity index (χ0n) is 11.2. The van der Waals surface area contributed by atoms with Crippen LogP contribution in [0.5, 0.6) is 0 Å². The van der Waals surface area contributed by atoms with Crippen molar-refractivity contribution in [1.29, 1.82) is 0 Å². The predicted octanol–water partition coefficient (Wildman–Crippen LogP) is 3.87. The molecule has 0 amide bonds. The van der Waals surface area contributed by atoms with Gasteiger partial charge in [-0.25, -0.2) is 9.97 Å². The normalized spacial score (nSPS) is 11.1. The summed E-state index contributed by atoms with van der Waals surface area (Å²) in [5.41, 5.74) is 9.49. The van der Waals surface area contributed by atoms with Crippen LogP contribution < -0.4 is 5.73 Å². The van der Waals surface area contributed by atoms with Gasteiger partial charge in [-0.3, -0.25) is 0 Å². The smallest absolute Gasteiger partial charge is 0.163 e. The van der Waals surface area contributed by atoms with Crippen LogP contribution in [-0.4, -0.2) is 9.97 Å². The summed E-state index contributed by atoms with van der Waals surface area (Å²) in [6.45, 7) is 6.22. The number of aromatic nitrogens is 2. The number of rotatable bonds is 1. The lowest BCUT2D eigenvalue weighted by atomic mass is 10.1. The van der Waals surface area contributed by atoms with E-state index in [1.165, 1.54) is 16.0 Å². The maximum atomic E-state index is 6.10. The Morgan fingerprint density at radius 2 is 1.89 bits per heavy atom. The number of benzene rings is 1. The van der Waals surface area contributed by atoms with E-state index in [0.29, 0.717) is 11.6 Å². The number of nitrogens with zero attached hydrogens (tertiary/aromatic N) is 2. The van der Waals surface area contributed by atoms with Crippen molar-refractivity contribution in [2.45, 2.75) is 20.8 Å². The number of aryl methyl sites for hydroxylation is 3. The minimum Gasteiger partial charge on any atom is -0.383 e. The van der Waals surface area contributed by atoms with Crippen molar-refractivity contribution >= 4 is 27.4 Å². The number of nitrogens with two attached hydrogens (primary N) is 1. The van der Waals surface area contributed by atoms with Crippen molar-refractivity contribution in [1.82, 2.24) is 9.97 Å². The molecule has 0 aliphatic carbocycles. The lowest BCUT2D eigenvalue weighted by molar-refractivity contribution is 1.24. The third-order valence-electron chi connectivity index (χ3n) is 3.33. The molecule has 0 radical (unpaired) electrons. The highest BCUT2D eigenvalue weighted by molar-refractivity contribution is 7.18. The van der Waals surface area contributed by atoms with Gasteiger partial charge in [0.15, 0.2) is 5.82 Å². The van der Waals surface area contributed by atoms with Gasteiger partial charge in [0.2, 0.25) is 0 Å². The summed E-state index contributed by atoms with van der Waals surface area (Å²) in [5, 5.41) is 0.999. The Labute approximate surface area is 116 Å². The average Bonchev–Trinajstić information content (AvgIpc) is 2.65. The Hall–Kier alpha value is -1.94. The van der Waals surface area contributed by atoms with E-state index in [2.05, 4.69) is 42.9 Å².